The van der Waals surface area contributed by atoms with Crippen molar-refractivity contribution >= 4 is 16.9 Å². The van der Waals surface area contributed by atoms with E-state index < -0.39 is 0 Å². The number of hydrogen-bond donors (Lipinski definition) is 1. The molecule has 0 spiro atoms. The lowest BCUT2D eigenvalue weighted by molar-refractivity contribution is -0.123. The van der Waals surface area contributed by atoms with Crippen LogP contribution in [0.2, 0.25) is 0 Å². The van der Waals surface area contributed by atoms with Gasteiger partial charge in [0.15, 0.2) is 0 Å². The average molecular weight is 481 g/mol. The number of ether oxygens (including phenoxy) is 1. The summed E-state index contributed by atoms with van der Waals surface area (Å²) in [6.45, 7) is 3.62. The van der Waals surface area contributed by atoms with Crippen LogP contribution in [0.5, 0.6) is 0 Å². The van der Waals surface area contributed by atoms with E-state index in [1.807, 2.05) is 6.26 Å². The molecule has 3 fully saturated rings. The fraction of sp³-hybridized carbons (Fsp3) is 0.700. The van der Waals surface area contributed by atoms with Crippen LogP contribution in [0.25, 0.3) is 11.0 Å². The molecule has 0 atom stereocenters. The third kappa shape index (κ3) is 6.48. The topological polar surface area (TPSA) is 54.7 Å². The van der Waals surface area contributed by atoms with Crippen LogP contribution < -0.4 is 5.32 Å². The summed E-state index contributed by atoms with van der Waals surface area (Å²) in [5.41, 5.74) is 2.43. The van der Waals surface area contributed by atoms with Crippen LogP contribution in [0.1, 0.15) is 88.5 Å². The highest BCUT2D eigenvalue weighted by Gasteiger charge is 2.27. The van der Waals surface area contributed by atoms with E-state index in [0.717, 1.165) is 50.0 Å². The Hall–Kier alpha value is -1.85. The van der Waals surface area contributed by atoms with Crippen LogP contribution in [0.3, 0.4) is 0 Å². The minimum atomic E-state index is 0.280. The van der Waals surface area contributed by atoms with Crippen molar-refractivity contribution in [3.05, 3.63) is 36.1 Å². The lowest BCUT2D eigenvalue weighted by Crippen LogP contribution is -2.39. The van der Waals surface area contributed by atoms with Gasteiger partial charge in [0.1, 0.15) is 5.58 Å². The standard InChI is InChI=1S/C30H44N2O3/c1-34-26-12-8-23(9-13-26)20-30(33)31-25-10-6-22(7-11-25)14-17-32-18-15-24(16-19-32)28-21-35-29-5-3-2-4-27(28)29/h2-5,21-26H,6-20H2,1H3,(H,31,33). The number of hydrogen-bond acceptors (Lipinski definition) is 4. The van der Waals surface area contributed by atoms with E-state index >= 15 is 0 Å². The maximum absolute atomic E-state index is 12.6. The molecule has 1 saturated heterocycles. The van der Waals surface area contributed by atoms with Crippen molar-refractivity contribution in [1.82, 2.24) is 10.2 Å². The zero-order valence-electron chi connectivity index (χ0n) is 21.6. The van der Waals surface area contributed by atoms with Crippen LogP contribution in [-0.2, 0) is 9.53 Å². The van der Waals surface area contributed by atoms with Crippen LogP contribution in [0, 0.1) is 11.8 Å². The molecule has 35 heavy (non-hydrogen) atoms. The normalized spacial score (nSPS) is 28.8. The number of carbonyl (C=O) groups excluding carboxylic acids is 1. The molecule has 5 heteroatoms. The maximum atomic E-state index is 12.6. The highest BCUT2D eigenvalue weighted by molar-refractivity contribution is 5.81. The molecular formula is C30H44N2O3. The van der Waals surface area contributed by atoms with Gasteiger partial charge in [0.2, 0.25) is 5.91 Å². The summed E-state index contributed by atoms with van der Waals surface area (Å²) in [5.74, 6) is 2.28. The highest BCUT2D eigenvalue weighted by Crippen LogP contribution is 2.35. The molecule has 5 nitrogen and oxygen atoms in total. The number of rotatable bonds is 8. The monoisotopic (exact) mass is 480 g/mol. The molecule has 2 saturated carbocycles. The number of methoxy groups -OCH3 is 1. The number of likely N-dealkylation sites (tertiary alicyclic amines) is 1. The molecule has 2 heterocycles. The van der Waals surface area contributed by atoms with Gasteiger partial charge < -0.3 is 19.4 Å². The van der Waals surface area contributed by atoms with Gasteiger partial charge in [-0.1, -0.05) is 18.2 Å². The summed E-state index contributed by atoms with van der Waals surface area (Å²) >= 11 is 0. The van der Waals surface area contributed by atoms with Gasteiger partial charge in [-0.15, -0.1) is 0 Å². The Bertz CT molecular complexity index is 932. The molecular weight excluding hydrogens is 436 g/mol. The van der Waals surface area contributed by atoms with Crippen LogP contribution >= 0.6 is 0 Å². The maximum Gasteiger partial charge on any atom is 0.220 e. The number of nitrogens with one attached hydrogen (secondary N) is 1. The molecule has 3 aliphatic rings. The molecule has 1 amide bonds. The van der Waals surface area contributed by atoms with Crippen molar-refractivity contribution in [2.24, 2.45) is 11.8 Å². The van der Waals surface area contributed by atoms with Crippen molar-refractivity contribution in [3.8, 4) is 0 Å². The lowest BCUT2D eigenvalue weighted by atomic mass is 9.83. The first-order chi connectivity index (χ1) is 17.2. The van der Waals surface area contributed by atoms with E-state index in [1.165, 1.54) is 62.7 Å². The zero-order chi connectivity index (χ0) is 24.0. The smallest absolute Gasteiger partial charge is 0.220 e. The number of piperidine rings is 1. The van der Waals surface area contributed by atoms with Crippen molar-refractivity contribution in [2.75, 3.05) is 26.7 Å². The highest BCUT2D eigenvalue weighted by atomic mass is 16.5. The summed E-state index contributed by atoms with van der Waals surface area (Å²) in [6, 6.07) is 8.84. The fourth-order valence-corrected chi connectivity index (χ4v) is 6.86. The summed E-state index contributed by atoms with van der Waals surface area (Å²) in [5, 5.41) is 4.66. The average Bonchev–Trinajstić information content (AvgIpc) is 3.33. The van der Waals surface area contributed by atoms with E-state index in [-0.39, 0.29) is 5.91 Å². The Kier molecular flexibility index (Phi) is 8.46. The molecule has 1 aliphatic heterocycles. The molecule has 0 bridgehead atoms. The van der Waals surface area contributed by atoms with Crippen LogP contribution in [0.4, 0.5) is 0 Å². The van der Waals surface area contributed by atoms with Gasteiger partial charge in [-0.2, -0.15) is 0 Å². The zero-order valence-corrected chi connectivity index (χ0v) is 21.6. The minimum Gasteiger partial charge on any atom is -0.464 e. The van der Waals surface area contributed by atoms with E-state index in [9.17, 15) is 4.79 Å². The Labute approximate surface area is 211 Å². The van der Waals surface area contributed by atoms with Gasteiger partial charge in [0.25, 0.3) is 0 Å². The second kappa shape index (κ2) is 11.9. The molecule has 0 radical (unpaired) electrons. The van der Waals surface area contributed by atoms with Crippen molar-refractivity contribution in [1.29, 1.82) is 0 Å². The number of furan rings is 1. The molecule has 2 aromatic rings. The van der Waals surface area contributed by atoms with Crippen LogP contribution in [-0.4, -0.2) is 49.7 Å². The number of benzene rings is 1. The van der Waals surface area contributed by atoms with Gasteiger partial charge in [-0.05, 0) is 114 Å². The molecule has 2 aliphatic carbocycles. The third-order valence-corrected chi connectivity index (χ3v) is 9.20. The Morgan fingerprint density at radius 3 is 2.43 bits per heavy atom. The second-order valence-electron chi connectivity index (χ2n) is 11.5. The Morgan fingerprint density at radius 1 is 0.971 bits per heavy atom. The van der Waals surface area contributed by atoms with Gasteiger partial charge in [0, 0.05) is 30.5 Å². The third-order valence-electron chi connectivity index (χ3n) is 9.20. The number of nitrogens with zero attached hydrogens (tertiary/aromatic N) is 1. The Morgan fingerprint density at radius 2 is 1.69 bits per heavy atom. The van der Waals surface area contributed by atoms with Crippen molar-refractivity contribution in [2.45, 2.75) is 95.1 Å². The Balaban J connectivity index is 0.967. The van der Waals surface area contributed by atoms with E-state index in [0.29, 0.717) is 30.4 Å². The second-order valence-corrected chi connectivity index (χ2v) is 11.5. The van der Waals surface area contributed by atoms with Gasteiger partial charge in [0.05, 0.1) is 12.4 Å². The number of fused-ring (bicyclic) bond motifs is 1. The van der Waals surface area contributed by atoms with Crippen molar-refractivity contribution in [3.63, 3.8) is 0 Å². The van der Waals surface area contributed by atoms with E-state index in [1.54, 1.807) is 7.11 Å². The predicted molar refractivity (Wildman–Crippen MR) is 141 cm³/mol. The first kappa shape index (κ1) is 24.8. The SMILES string of the molecule is COC1CCC(CC(=O)NC2CCC(CCN3CCC(c4coc5ccccc45)CC3)CC2)CC1. The molecule has 1 N–H and O–H groups in total. The summed E-state index contributed by atoms with van der Waals surface area (Å²) < 4.78 is 11.3. The number of amides is 1. The summed E-state index contributed by atoms with van der Waals surface area (Å²) in [4.78, 5) is 15.2. The van der Waals surface area contributed by atoms with Gasteiger partial charge in [-0.25, -0.2) is 0 Å². The quantitative estimate of drug-likeness (QED) is 0.484. The van der Waals surface area contributed by atoms with Gasteiger partial charge >= 0.3 is 0 Å². The largest absolute Gasteiger partial charge is 0.464 e. The fourth-order valence-electron chi connectivity index (χ4n) is 6.86. The summed E-state index contributed by atoms with van der Waals surface area (Å²) in [7, 11) is 1.81. The van der Waals surface area contributed by atoms with Crippen LogP contribution in [0.15, 0.2) is 34.9 Å². The molecule has 5 rings (SSSR count). The van der Waals surface area contributed by atoms with E-state index in [2.05, 4.69) is 34.5 Å². The minimum absolute atomic E-state index is 0.280. The first-order valence-electron chi connectivity index (χ1n) is 14.2. The molecule has 0 unspecified atom stereocenters. The predicted octanol–water partition coefficient (Wildman–Crippen LogP) is 6.27. The van der Waals surface area contributed by atoms with E-state index in [4.69, 9.17) is 9.15 Å². The molecule has 1 aromatic carbocycles. The number of carbonyl (C=O) groups is 1. The number of para-hydroxylation sites is 1. The van der Waals surface area contributed by atoms with Gasteiger partial charge in [-0.3, -0.25) is 4.79 Å². The summed E-state index contributed by atoms with van der Waals surface area (Å²) in [6.07, 6.45) is 16.2. The van der Waals surface area contributed by atoms with Crippen molar-refractivity contribution < 1.29 is 13.9 Å². The first-order valence-corrected chi connectivity index (χ1v) is 14.2. The molecule has 192 valence electrons. The molecule has 1 aromatic heterocycles. The lowest BCUT2D eigenvalue weighted by Gasteiger charge is -2.34.